The minimum atomic E-state index is -0.0423. The summed E-state index contributed by atoms with van der Waals surface area (Å²) in [5.41, 5.74) is 4.42. The lowest BCUT2D eigenvalue weighted by atomic mass is 9.96. The van der Waals surface area contributed by atoms with Crippen LogP contribution in [0.2, 0.25) is 0 Å². The first-order chi connectivity index (χ1) is 12.5. The summed E-state index contributed by atoms with van der Waals surface area (Å²) in [5, 5.41) is 2.46. The molecule has 0 saturated carbocycles. The molecule has 0 aliphatic heterocycles. The molecule has 0 aliphatic carbocycles. The molecule has 26 heavy (non-hydrogen) atoms. The van der Waals surface area contributed by atoms with Gasteiger partial charge in [0.05, 0.1) is 11.4 Å². The first-order valence-corrected chi connectivity index (χ1v) is 8.92. The van der Waals surface area contributed by atoms with Crippen LogP contribution >= 0.6 is 0 Å². The first-order valence-electron chi connectivity index (χ1n) is 8.92. The molecule has 3 nitrogen and oxygen atoms in total. The summed E-state index contributed by atoms with van der Waals surface area (Å²) < 4.78 is 2.23. The number of nitrogens with zero attached hydrogens (tertiary/aromatic N) is 3. The van der Waals surface area contributed by atoms with Gasteiger partial charge in [-0.2, -0.15) is 0 Å². The van der Waals surface area contributed by atoms with Crippen molar-refractivity contribution in [3.8, 4) is 22.5 Å². The molecule has 3 heteroatoms. The molecule has 2 aromatic carbocycles. The number of imidazole rings is 1. The van der Waals surface area contributed by atoms with Gasteiger partial charge in [-0.25, -0.2) is 4.98 Å². The zero-order valence-electron chi connectivity index (χ0n) is 15.7. The van der Waals surface area contributed by atoms with Crippen LogP contribution in [0, 0.1) is 0 Å². The Hall–Kier alpha value is -2.94. The van der Waals surface area contributed by atoms with Crippen molar-refractivity contribution in [1.82, 2.24) is 14.5 Å². The van der Waals surface area contributed by atoms with Crippen molar-refractivity contribution < 1.29 is 0 Å². The average Bonchev–Trinajstić information content (AvgIpc) is 2.99. The lowest BCUT2D eigenvalue weighted by Crippen LogP contribution is -2.17. The van der Waals surface area contributed by atoms with Gasteiger partial charge in [-0.15, -0.1) is 0 Å². The van der Waals surface area contributed by atoms with Crippen molar-refractivity contribution in [3.05, 3.63) is 72.8 Å². The van der Waals surface area contributed by atoms with E-state index in [4.69, 9.17) is 4.98 Å². The van der Waals surface area contributed by atoms with Gasteiger partial charge in [-0.05, 0) is 22.9 Å². The second-order valence-electron chi connectivity index (χ2n) is 7.70. The number of hydrogen-bond donors (Lipinski definition) is 0. The summed E-state index contributed by atoms with van der Waals surface area (Å²) in [5.74, 6) is 1.08. The lowest BCUT2D eigenvalue weighted by molar-refractivity contribution is 0.524. The molecular weight excluding hydrogens is 318 g/mol. The molecule has 0 fully saturated rings. The zero-order chi connectivity index (χ0) is 18.3. The van der Waals surface area contributed by atoms with Crippen LogP contribution in [0.4, 0.5) is 0 Å². The third-order valence-electron chi connectivity index (χ3n) is 4.76. The molecule has 0 atom stereocenters. The number of benzene rings is 2. The molecule has 0 spiro atoms. The third kappa shape index (κ3) is 2.70. The number of fused-ring (bicyclic) bond motifs is 1. The van der Waals surface area contributed by atoms with Crippen molar-refractivity contribution in [1.29, 1.82) is 0 Å². The van der Waals surface area contributed by atoms with E-state index < -0.39 is 0 Å². The first kappa shape index (κ1) is 16.5. The summed E-state index contributed by atoms with van der Waals surface area (Å²) in [6, 6.07) is 19.0. The van der Waals surface area contributed by atoms with Gasteiger partial charge in [-0.3, -0.25) is 4.98 Å². The van der Waals surface area contributed by atoms with E-state index in [2.05, 4.69) is 92.0 Å². The maximum atomic E-state index is 5.12. The van der Waals surface area contributed by atoms with Crippen LogP contribution < -0.4 is 0 Å². The number of hydrogen-bond acceptors (Lipinski definition) is 2. The largest absolute Gasteiger partial charge is 0.330 e. The predicted molar refractivity (Wildman–Crippen MR) is 108 cm³/mol. The Kier molecular flexibility index (Phi) is 3.87. The smallest absolute Gasteiger partial charge is 0.115 e. The Balaban J connectivity index is 2.08. The Morgan fingerprint density at radius 2 is 1.54 bits per heavy atom. The van der Waals surface area contributed by atoms with Crippen LogP contribution in [-0.4, -0.2) is 14.5 Å². The van der Waals surface area contributed by atoms with Crippen molar-refractivity contribution in [2.45, 2.75) is 26.2 Å². The molecule has 0 aliphatic rings. The average molecular weight is 341 g/mol. The van der Waals surface area contributed by atoms with Crippen LogP contribution in [0.3, 0.4) is 0 Å². The summed E-state index contributed by atoms with van der Waals surface area (Å²) in [4.78, 5) is 9.30. The molecular formula is C23H23N3. The monoisotopic (exact) mass is 341 g/mol. The summed E-state index contributed by atoms with van der Waals surface area (Å²) in [6.07, 6.45) is 3.68. The maximum absolute atomic E-state index is 5.12. The van der Waals surface area contributed by atoms with Crippen LogP contribution in [0.1, 0.15) is 26.6 Å². The van der Waals surface area contributed by atoms with Crippen molar-refractivity contribution >= 4 is 10.8 Å². The maximum Gasteiger partial charge on any atom is 0.115 e. The fourth-order valence-electron chi connectivity index (χ4n) is 3.63. The Labute approximate surface area is 154 Å². The number of aromatic nitrogens is 3. The Morgan fingerprint density at radius 1 is 0.846 bits per heavy atom. The molecule has 0 N–H and O–H groups in total. The van der Waals surface area contributed by atoms with Gasteiger partial charge < -0.3 is 4.57 Å². The predicted octanol–water partition coefficient (Wildman–Crippen LogP) is 5.60. The SMILES string of the molecule is Cn1c(C(C)(C)C)nc(-c2cccc3ccccc23)c1-c1ccncc1. The summed E-state index contributed by atoms with van der Waals surface area (Å²) >= 11 is 0. The van der Waals surface area contributed by atoms with Crippen LogP contribution in [0.15, 0.2) is 67.0 Å². The Morgan fingerprint density at radius 3 is 2.27 bits per heavy atom. The molecule has 2 aromatic heterocycles. The minimum Gasteiger partial charge on any atom is -0.330 e. The molecule has 0 bridgehead atoms. The van der Waals surface area contributed by atoms with Gasteiger partial charge in [0.25, 0.3) is 0 Å². The van der Waals surface area contributed by atoms with E-state index in [9.17, 15) is 0 Å². The second kappa shape index (κ2) is 6.10. The van der Waals surface area contributed by atoms with E-state index in [1.54, 1.807) is 0 Å². The molecule has 0 saturated heterocycles. The number of rotatable bonds is 2. The summed E-state index contributed by atoms with van der Waals surface area (Å²) in [7, 11) is 2.11. The minimum absolute atomic E-state index is 0.0423. The molecule has 0 radical (unpaired) electrons. The zero-order valence-corrected chi connectivity index (χ0v) is 15.7. The Bertz CT molecular complexity index is 1060. The van der Waals surface area contributed by atoms with Gasteiger partial charge >= 0.3 is 0 Å². The van der Waals surface area contributed by atoms with Crippen molar-refractivity contribution in [2.75, 3.05) is 0 Å². The van der Waals surface area contributed by atoms with Crippen molar-refractivity contribution in [2.24, 2.45) is 7.05 Å². The highest BCUT2D eigenvalue weighted by Gasteiger charge is 2.26. The molecule has 2 heterocycles. The van der Waals surface area contributed by atoms with E-state index in [1.165, 1.54) is 16.3 Å². The van der Waals surface area contributed by atoms with E-state index in [0.717, 1.165) is 22.8 Å². The van der Waals surface area contributed by atoms with Gasteiger partial charge in [0.1, 0.15) is 5.82 Å². The van der Waals surface area contributed by atoms with E-state index in [-0.39, 0.29) is 5.41 Å². The highest BCUT2D eigenvalue weighted by molar-refractivity contribution is 5.98. The van der Waals surface area contributed by atoms with Gasteiger partial charge in [0.2, 0.25) is 0 Å². The normalized spacial score (nSPS) is 11.8. The van der Waals surface area contributed by atoms with E-state index >= 15 is 0 Å². The molecule has 0 amide bonds. The van der Waals surface area contributed by atoms with Crippen LogP contribution in [-0.2, 0) is 12.5 Å². The van der Waals surface area contributed by atoms with Gasteiger partial charge in [0.15, 0.2) is 0 Å². The molecule has 4 aromatic rings. The highest BCUT2D eigenvalue weighted by atomic mass is 15.1. The number of pyridine rings is 1. The standard InChI is InChI=1S/C23H23N3/c1-23(2,3)22-25-20(21(26(22)4)17-12-14-24-15-13-17)19-11-7-9-16-8-5-6-10-18(16)19/h5-15H,1-4H3. The second-order valence-corrected chi connectivity index (χ2v) is 7.70. The quantitative estimate of drug-likeness (QED) is 0.475. The third-order valence-corrected chi connectivity index (χ3v) is 4.76. The topological polar surface area (TPSA) is 30.7 Å². The van der Waals surface area contributed by atoms with Crippen LogP contribution in [0.5, 0.6) is 0 Å². The van der Waals surface area contributed by atoms with E-state index in [1.807, 2.05) is 12.4 Å². The lowest BCUT2D eigenvalue weighted by Gasteiger charge is -2.18. The molecule has 0 unspecified atom stereocenters. The fraction of sp³-hybridized carbons (Fsp3) is 0.217. The highest BCUT2D eigenvalue weighted by Crippen LogP contribution is 2.38. The van der Waals surface area contributed by atoms with Gasteiger partial charge in [-0.1, -0.05) is 63.2 Å². The van der Waals surface area contributed by atoms with Crippen LogP contribution in [0.25, 0.3) is 33.3 Å². The molecule has 130 valence electrons. The molecule has 4 rings (SSSR count). The van der Waals surface area contributed by atoms with E-state index in [0.29, 0.717) is 0 Å². The fourth-order valence-corrected chi connectivity index (χ4v) is 3.63. The van der Waals surface area contributed by atoms with Gasteiger partial charge in [0, 0.05) is 36.0 Å². The van der Waals surface area contributed by atoms with Crippen molar-refractivity contribution in [3.63, 3.8) is 0 Å². The summed E-state index contributed by atoms with van der Waals surface area (Å²) in [6.45, 7) is 6.62.